The maximum Gasteiger partial charge on any atom is 0.338 e. The zero-order valence-corrected chi connectivity index (χ0v) is 20.4. The minimum absolute atomic E-state index is 0.0895. The van der Waals surface area contributed by atoms with Gasteiger partial charge in [0.15, 0.2) is 5.17 Å². The molecule has 7 heteroatoms. The minimum Gasteiger partial charge on any atom is -0.462 e. The first-order chi connectivity index (χ1) is 16.4. The van der Waals surface area contributed by atoms with Gasteiger partial charge in [-0.05, 0) is 80.9 Å². The van der Waals surface area contributed by atoms with Crippen LogP contribution in [0.25, 0.3) is 17.4 Å². The lowest BCUT2D eigenvalue weighted by Gasteiger charge is -2.12. The number of thioether (sulfide) groups is 1. The molecule has 2 heterocycles. The average molecular weight is 475 g/mol. The van der Waals surface area contributed by atoms with E-state index in [4.69, 9.17) is 14.1 Å². The highest BCUT2D eigenvalue weighted by atomic mass is 32.2. The number of amidine groups is 1. The predicted molar refractivity (Wildman–Crippen MR) is 136 cm³/mol. The molecule has 0 bridgehead atoms. The quantitative estimate of drug-likeness (QED) is 0.307. The third kappa shape index (κ3) is 4.99. The van der Waals surface area contributed by atoms with E-state index in [1.165, 1.54) is 11.8 Å². The number of benzene rings is 2. The first-order valence-corrected chi connectivity index (χ1v) is 12.0. The van der Waals surface area contributed by atoms with E-state index in [0.717, 1.165) is 22.4 Å². The number of amides is 1. The molecule has 1 aliphatic rings. The minimum atomic E-state index is -0.352. The van der Waals surface area contributed by atoms with Gasteiger partial charge in [-0.2, -0.15) is 0 Å². The summed E-state index contributed by atoms with van der Waals surface area (Å²) in [5.74, 6) is 0.779. The number of rotatable bonds is 6. The maximum atomic E-state index is 13.0. The fourth-order valence-corrected chi connectivity index (χ4v) is 4.55. The largest absolute Gasteiger partial charge is 0.462 e. The second-order valence-electron chi connectivity index (χ2n) is 7.84. The summed E-state index contributed by atoms with van der Waals surface area (Å²) in [5, 5.41) is 0.661. The Balaban J connectivity index is 1.57. The average Bonchev–Trinajstić information content (AvgIpc) is 3.41. The third-order valence-electron chi connectivity index (χ3n) is 5.37. The smallest absolute Gasteiger partial charge is 0.338 e. The van der Waals surface area contributed by atoms with Gasteiger partial charge in [0, 0.05) is 18.2 Å². The van der Waals surface area contributed by atoms with Crippen molar-refractivity contribution in [2.45, 2.75) is 27.7 Å². The van der Waals surface area contributed by atoms with Crippen LogP contribution in [0.2, 0.25) is 0 Å². The molecule has 6 nitrogen and oxygen atoms in total. The number of carbonyl (C=O) groups excluding carboxylic acids is 2. The van der Waals surface area contributed by atoms with E-state index in [2.05, 4.69) is 0 Å². The molecule has 34 heavy (non-hydrogen) atoms. The molecule has 0 N–H and O–H groups in total. The predicted octanol–water partition coefficient (Wildman–Crippen LogP) is 6.36. The van der Waals surface area contributed by atoms with Crippen molar-refractivity contribution < 1.29 is 18.7 Å². The molecule has 3 aromatic rings. The van der Waals surface area contributed by atoms with Crippen LogP contribution in [0.15, 0.2) is 68.9 Å². The SMILES string of the molecule is CCOC(=O)c1ccc(-c2ccc(/C=C3\SC(=Nc4cc(C)ccc4C)N(CC)C3=O)o2)cc1. The van der Waals surface area contributed by atoms with Crippen LogP contribution in [0, 0.1) is 13.8 Å². The van der Waals surface area contributed by atoms with Gasteiger partial charge in [0.25, 0.3) is 5.91 Å². The van der Waals surface area contributed by atoms with Crippen LogP contribution in [0.4, 0.5) is 5.69 Å². The molecular formula is C27H26N2O4S. The monoisotopic (exact) mass is 474 g/mol. The Morgan fingerprint density at radius 1 is 1.09 bits per heavy atom. The number of nitrogens with zero attached hydrogens (tertiary/aromatic N) is 2. The van der Waals surface area contributed by atoms with Crippen molar-refractivity contribution in [1.82, 2.24) is 4.90 Å². The van der Waals surface area contributed by atoms with Crippen molar-refractivity contribution in [2.75, 3.05) is 13.2 Å². The highest BCUT2D eigenvalue weighted by Gasteiger charge is 2.32. The van der Waals surface area contributed by atoms with E-state index >= 15 is 0 Å². The van der Waals surface area contributed by atoms with E-state index in [1.54, 1.807) is 30.0 Å². The summed E-state index contributed by atoms with van der Waals surface area (Å²) in [7, 11) is 0. The van der Waals surface area contributed by atoms with E-state index in [9.17, 15) is 9.59 Å². The molecule has 4 rings (SSSR count). The number of aryl methyl sites for hydroxylation is 2. The van der Waals surface area contributed by atoms with Crippen LogP contribution in [0.5, 0.6) is 0 Å². The van der Waals surface area contributed by atoms with Gasteiger partial charge in [0.05, 0.1) is 22.8 Å². The number of esters is 1. The topological polar surface area (TPSA) is 72.1 Å². The Morgan fingerprint density at radius 2 is 1.85 bits per heavy atom. The second kappa shape index (κ2) is 10.1. The summed E-state index contributed by atoms with van der Waals surface area (Å²) in [4.78, 5) is 31.9. The van der Waals surface area contributed by atoms with Crippen LogP contribution in [0.3, 0.4) is 0 Å². The molecule has 1 saturated heterocycles. The molecule has 0 radical (unpaired) electrons. The molecule has 1 aliphatic heterocycles. The standard InChI is InChI=1S/C27H26N2O4S/c1-5-29-25(30)24(34-27(29)28-22-15-17(3)7-8-18(22)4)16-21-13-14-23(33-21)19-9-11-20(12-10-19)26(31)32-6-2/h7-16H,5-6H2,1-4H3/b24-16-,28-27?. The number of furan rings is 1. The third-order valence-corrected chi connectivity index (χ3v) is 6.37. The lowest BCUT2D eigenvalue weighted by atomic mass is 10.1. The molecule has 0 saturated carbocycles. The summed E-state index contributed by atoms with van der Waals surface area (Å²) in [6, 6.07) is 16.8. The molecule has 1 aromatic heterocycles. The van der Waals surface area contributed by atoms with Crippen molar-refractivity contribution in [3.8, 4) is 11.3 Å². The zero-order valence-electron chi connectivity index (χ0n) is 19.6. The first-order valence-electron chi connectivity index (χ1n) is 11.1. The van der Waals surface area contributed by atoms with E-state index in [-0.39, 0.29) is 11.9 Å². The zero-order chi connectivity index (χ0) is 24.2. The van der Waals surface area contributed by atoms with Crippen LogP contribution in [0.1, 0.15) is 41.1 Å². The number of carbonyl (C=O) groups is 2. The van der Waals surface area contributed by atoms with Crippen LogP contribution >= 0.6 is 11.8 Å². The van der Waals surface area contributed by atoms with Crippen LogP contribution < -0.4 is 0 Å². The molecule has 174 valence electrons. The highest BCUT2D eigenvalue weighted by molar-refractivity contribution is 8.18. The normalized spacial score (nSPS) is 16.0. The molecule has 2 aromatic carbocycles. The van der Waals surface area contributed by atoms with Gasteiger partial charge in [-0.3, -0.25) is 9.69 Å². The Hall–Kier alpha value is -3.58. The van der Waals surface area contributed by atoms with Crippen molar-refractivity contribution in [1.29, 1.82) is 0 Å². The number of ether oxygens (including phenoxy) is 1. The molecule has 1 fully saturated rings. The summed E-state index contributed by atoms with van der Waals surface area (Å²) >= 11 is 1.35. The fraction of sp³-hybridized carbons (Fsp3) is 0.222. The lowest BCUT2D eigenvalue weighted by Crippen LogP contribution is -2.28. The van der Waals surface area contributed by atoms with Gasteiger partial charge in [-0.1, -0.05) is 24.3 Å². The lowest BCUT2D eigenvalue weighted by molar-refractivity contribution is -0.122. The number of likely N-dealkylation sites (N-methyl/N-ethyl adjacent to an activating group) is 1. The van der Waals surface area contributed by atoms with Crippen molar-refractivity contribution in [3.05, 3.63) is 82.0 Å². The summed E-state index contributed by atoms with van der Waals surface area (Å²) in [6.07, 6.45) is 1.75. The fourth-order valence-electron chi connectivity index (χ4n) is 3.51. The summed E-state index contributed by atoms with van der Waals surface area (Å²) in [6.45, 7) is 8.61. The van der Waals surface area contributed by atoms with Gasteiger partial charge in [-0.25, -0.2) is 9.79 Å². The van der Waals surface area contributed by atoms with Crippen molar-refractivity contribution in [2.24, 2.45) is 4.99 Å². The van der Waals surface area contributed by atoms with E-state index in [1.807, 2.05) is 63.2 Å². The van der Waals surface area contributed by atoms with Gasteiger partial charge in [0.2, 0.25) is 0 Å². The Labute approximate surface area is 203 Å². The summed E-state index contributed by atoms with van der Waals surface area (Å²) < 4.78 is 11.0. The molecule has 0 spiro atoms. The molecule has 1 amide bonds. The number of aliphatic imine (C=N–C) groups is 1. The van der Waals surface area contributed by atoms with Gasteiger partial charge in [0.1, 0.15) is 11.5 Å². The summed E-state index contributed by atoms with van der Waals surface area (Å²) in [5.41, 5.74) is 4.36. The van der Waals surface area contributed by atoms with E-state index < -0.39 is 0 Å². The van der Waals surface area contributed by atoms with E-state index in [0.29, 0.717) is 40.3 Å². The number of hydrogen-bond donors (Lipinski definition) is 0. The highest BCUT2D eigenvalue weighted by Crippen LogP contribution is 2.35. The molecular weight excluding hydrogens is 448 g/mol. The molecule has 0 atom stereocenters. The molecule has 0 unspecified atom stereocenters. The molecule has 0 aliphatic carbocycles. The van der Waals surface area contributed by atoms with Gasteiger partial charge >= 0.3 is 5.97 Å². The second-order valence-corrected chi connectivity index (χ2v) is 8.85. The Kier molecular flexibility index (Phi) is 7.03. The van der Waals surface area contributed by atoms with Crippen molar-refractivity contribution >= 4 is 40.6 Å². The Morgan fingerprint density at radius 3 is 2.56 bits per heavy atom. The van der Waals surface area contributed by atoms with Gasteiger partial charge < -0.3 is 9.15 Å². The van der Waals surface area contributed by atoms with Gasteiger partial charge in [-0.15, -0.1) is 0 Å². The van der Waals surface area contributed by atoms with Crippen LogP contribution in [-0.4, -0.2) is 35.1 Å². The Bertz CT molecular complexity index is 1290. The van der Waals surface area contributed by atoms with Crippen molar-refractivity contribution in [3.63, 3.8) is 0 Å². The first kappa shape index (κ1) is 23.6. The number of hydrogen-bond acceptors (Lipinski definition) is 6. The van der Waals surface area contributed by atoms with Crippen LogP contribution in [-0.2, 0) is 9.53 Å². The maximum absolute atomic E-state index is 13.0.